The van der Waals surface area contributed by atoms with Gasteiger partial charge < -0.3 is 10.2 Å². The van der Waals surface area contributed by atoms with Gasteiger partial charge in [0.1, 0.15) is 0 Å². The van der Waals surface area contributed by atoms with Crippen LogP contribution < -0.4 is 10.2 Å². The molecule has 1 aliphatic heterocycles. The lowest BCUT2D eigenvalue weighted by Gasteiger charge is -2.38. The lowest BCUT2D eigenvalue weighted by Crippen LogP contribution is -2.47. The van der Waals surface area contributed by atoms with E-state index in [0.29, 0.717) is 12.0 Å². The van der Waals surface area contributed by atoms with Crippen LogP contribution in [0.5, 0.6) is 0 Å². The standard InChI is InChI=1S/C14H21BrN2/c1-10-4-5-14(12(15)8-10)17-7-6-13(16-3)11(2)9-17/h4-5,8,11,13,16H,6-7,9H2,1-3H3. The van der Waals surface area contributed by atoms with Gasteiger partial charge >= 0.3 is 0 Å². The van der Waals surface area contributed by atoms with Crippen molar-refractivity contribution in [3.05, 3.63) is 28.2 Å². The Kier molecular flexibility index (Phi) is 4.10. The maximum absolute atomic E-state index is 3.68. The van der Waals surface area contributed by atoms with Crippen LogP contribution >= 0.6 is 15.9 Å². The van der Waals surface area contributed by atoms with E-state index < -0.39 is 0 Å². The van der Waals surface area contributed by atoms with Crippen LogP contribution in [0.3, 0.4) is 0 Å². The van der Waals surface area contributed by atoms with Gasteiger partial charge in [0.05, 0.1) is 5.69 Å². The summed E-state index contributed by atoms with van der Waals surface area (Å²) in [5, 5.41) is 3.41. The Morgan fingerprint density at radius 2 is 2.18 bits per heavy atom. The summed E-state index contributed by atoms with van der Waals surface area (Å²) < 4.78 is 1.22. The van der Waals surface area contributed by atoms with Gasteiger partial charge in [-0.15, -0.1) is 0 Å². The molecule has 0 aliphatic carbocycles. The molecule has 1 saturated heterocycles. The molecule has 1 fully saturated rings. The van der Waals surface area contributed by atoms with Crippen LogP contribution in [0.4, 0.5) is 5.69 Å². The van der Waals surface area contributed by atoms with Gasteiger partial charge in [-0.25, -0.2) is 0 Å². The van der Waals surface area contributed by atoms with Crippen LogP contribution in [0.25, 0.3) is 0 Å². The second-order valence-electron chi connectivity index (χ2n) is 5.06. The molecule has 0 radical (unpaired) electrons. The molecule has 2 unspecified atom stereocenters. The van der Waals surface area contributed by atoms with Crippen molar-refractivity contribution in [2.75, 3.05) is 25.0 Å². The van der Waals surface area contributed by atoms with Crippen LogP contribution in [-0.4, -0.2) is 26.2 Å². The maximum atomic E-state index is 3.68. The second-order valence-corrected chi connectivity index (χ2v) is 5.92. The molecule has 1 aromatic rings. The van der Waals surface area contributed by atoms with E-state index in [1.54, 1.807) is 0 Å². The highest BCUT2D eigenvalue weighted by Crippen LogP contribution is 2.30. The molecule has 2 nitrogen and oxygen atoms in total. The molecule has 0 spiro atoms. The second kappa shape index (κ2) is 5.40. The van der Waals surface area contributed by atoms with E-state index in [0.717, 1.165) is 13.1 Å². The molecule has 0 aromatic heterocycles. The fourth-order valence-electron chi connectivity index (χ4n) is 2.66. The third kappa shape index (κ3) is 2.83. The average molecular weight is 297 g/mol. The summed E-state index contributed by atoms with van der Waals surface area (Å²) in [5.41, 5.74) is 2.63. The van der Waals surface area contributed by atoms with Crippen LogP contribution in [0.1, 0.15) is 18.9 Å². The van der Waals surface area contributed by atoms with Gasteiger partial charge in [0.15, 0.2) is 0 Å². The Balaban J connectivity index is 2.14. The number of rotatable bonds is 2. The van der Waals surface area contributed by atoms with Gasteiger partial charge in [0.2, 0.25) is 0 Å². The first-order valence-corrected chi connectivity index (χ1v) is 7.09. The van der Waals surface area contributed by atoms with E-state index in [9.17, 15) is 0 Å². The SMILES string of the molecule is CNC1CCN(c2ccc(C)cc2Br)CC1C. The predicted octanol–water partition coefficient (Wildman–Crippen LogP) is 3.19. The molecule has 2 rings (SSSR count). The zero-order valence-corrected chi connectivity index (χ0v) is 12.4. The van der Waals surface area contributed by atoms with Crippen molar-refractivity contribution in [1.29, 1.82) is 0 Å². The Labute approximate surface area is 113 Å². The molecule has 1 aliphatic rings. The summed E-state index contributed by atoms with van der Waals surface area (Å²) in [4.78, 5) is 2.49. The maximum Gasteiger partial charge on any atom is 0.0510 e. The van der Waals surface area contributed by atoms with E-state index in [-0.39, 0.29) is 0 Å². The number of halogens is 1. The molecule has 1 N–H and O–H groups in total. The van der Waals surface area contributed by atoms with Crippen molar-refractivity contribution >= 4 is 21.6 Å². The molecule has 1 heterocycles. The monoisotopic (exact) mass is 296 g/mol. The molecule has 0 bridgehead atoms. The number of nitrogens with one attached hydrogen (secondary N) is 1. The molecule has 1 aromatic carbocycles. The van der Waals surface area contributed by atoms with Gasteiger partial charge in [-0.05, 0) is 59.9 Å². The molecule has 2 atom stereocenters. The highest BCUT2D eigenvalue weighted by molar-refractivity contribution is 9.10. The number of nitrogens with zero attached hydrogens (tertiary/aromatic N) is 1. The van der Waals surface area contributed by atoms with E-state index in [1.807, 2.05) is 0 Å². The summed E-state index contributed by atoms with van der Waals surface area (Å²) in [6.45, 7) is 6.73. The number of aryl methyl sites for hydroxylation is 1. The van der Waals surface area contributed by atoms with Crippen LogP contribution in [0.15, 0.2) is 22.7 Å². The fourth-order valence-corrected chi connectivity index (χ4v) is 3.41. The first-order valence-electron chi connectivity index (χ1n) is 6.30. The first kappa shape index (κ1) is 12.9. The third-order valence-corrected chi connectivity index (χ3v) is 4.36. The number of hydrogen-bond acceptors (Lipinski definition) is 2. The van der Waals surface area contributed by atoms with Crippen molar-refractivity contribution in [3.63, 3.8) is 0 Å². The smallest absolute Gasteiger partial charge is 0.0510 e. The quantitative estimate of drug-likeness (QED) is 0.902. The van der Waals surface area contributed by atoms with Crippen molar-refractivity contribution in [3.8, 4) is 0 Å². The van der Waals surface area contributed by atoms with E-state index in [4.69, 9.17) is 0 Å². The van der Waals surface area contributed by atoms with Gasteiger partial charge in [-0.1, -0.05) is 13.0 Å². The van der Waals surface area contributed by atoms with Crippen molar-refractivity contribution in [1.82, 2.24) is 5.32 Å². The zero-order valence-electron chi connectivity index (χ0n) is 10.8. The van der Waals surface area contributed by atoms with Crippen LogP contribution in [-0.2, 0) is 0 Å². The van der Waals surface area contributed by atoms with E-state index in [2.05, 4.69) is 65.2 Å². The average Bonchev–Trinajstić information content (AvgIpc) is 2.29. The summed E-state index contributed by atoms with van der Waals surface area (Å²) in [6, 6.07) is 7.28. The van der Waals surface area contributed by atoms with E-state index >= 15 is 0 Å². The van der Waals surface area contributed by atoms with Crippen molar-refractivity contribution in [2.45, 2.75) is 26.3 Å². The molecular formula is C14H21BrN2. The van der Waals surface area contributed by atoms with Gasteiger partial charge in [0, 0.05) is 23.6 Å². The van der Waals surface area contributed by atoms with Gasteiger partial charge in [-0.2, -0.15) is 0 Å². The summed E-state index contributed by atoms with van der Waals surface area (Å²) in [6.07, 6.45) is 1.22. The molecule has 17 heavy (non-hydrogen) atoms. The molecule has 0 amide bonds. The minimum Gasteiger partial charge on any atom is -0.370 e. The molecular weight excluding hydrogens is 276 g/mol. The highest BCUT2D eigenvalue weighted by Gasteiger charge is 2.25. The predicted molar refractivity (Wildman–Crippen MR) is 77.7 cm³/mol. The van der Waals surface area contributed by atoms with Crippen molar-refractivity contribution < 1.29 is 0 Å². The Morgan fingerprint density at radius 3 is 2.76 bits per heavy atom. The molecule has 3 heteroatoms. The Hall–Kier alpha value is -0.540. The topological polar surface area (TPSA) is 15.3 Å². The van der Waals surface area contributed by atoms with Gasteiger partial charge in [-0.3, -0.25) is 0 Å². The zero-order chi connectivity index (χ0) is 12.4. The minimum atomic E-state index is 0.662. The first-order chi connectivity index (χ1) is 8.11. The lowest BCUT2D eigenvalue weighted by atomic mass is 9.93. The highest BCUT2D eigenvalue weighted by atomic mass is 79.9. The van der Waals surface area contributed by atoms with Gasteiger partial charge in [0.25, 0.3) is 0 Å². The Bertz CT molecular complexity index is 392. The summed E-state index contributed by atoms with van der Waals surface area (Å²) in [5.74, 6) is 0.696. The summed E-state index contributed by atoms with van der Waals surface area (Å²) >= 11 is 3.68. The van der Waals surface area contributed by atoms with Crippen LogP contribution in [0, 0.1) is 12.8 Å². The van der Waals surface area contributed by atoms with Crippen LogP contribution in [0.2, 0.25) is 0 Å². The number of benzene rings is 1. The van der Waals surface area contributed by atoms with E-state index in [1.165, 1.54) is 22.1 Å². The van der Waals surface area contributed by atoms with Crippen molar-refractivity contribution in [2.24, 2.45) is 5.92 Å². The number of piperidine rings is 1. The number of anilines is 1. The molecule has 94 valence electrons. The largest absolute Gasteiger partial charge is 0.370 e. The fraction of sp³-hybridized carbons (Fsp3) is 0.571. The number of hydrogen-bond donors (Lipinski definition) is 1. The lowest BCUT2D eigenvalue weighted by molar-refractivity contribution is 0.339. The summed E-state index contributed by atoms with van der Waals surface area (Å²) in [7, 11) is 2.07. The minimum absolute atomic E-state index is 0.662. The molecule has 0 saturated carbocycles. The normalized spacial score (nSPS) is 25.1. The Morgan fingerprint density at radius 1 is 1.41 bits per heavy atom. The third-order valence-electron chi connectivity index (χ3n) is 3.72.